The molecular weight excluding hydrogens is 500 g/mol. The normalized spacial score (nSPS) is 13.8. The molecule has 1 heterocycles. The third-order valence-corrected chi connectivity index (χ3v) is 6.75. The number of amides is 2. The summed E-state index contributed by atoms with van der Waals surface area (Å²) < 4.78 is 27.6. The fourth-order valence-electron chi connectivity index (χ4n) is 4.74. The highest BCUT2D eigenvalue weighted by Gasteiger charge is 2.27. The maximum absolute atomic E-state index is 14.1. The predicted molar refractivity (Wildman–Crippen MR) is 139 cm³/mol. The second-order valence-electron chi connectivity index (χ2n) is 9.33. The standard InChI is InChI=1S/C30H23F2N5O2/c1-17-10-19(3-9-25(17)32)15-34-29(38)26-13-27(36-16-35-26)30(39)37-28-23-7-2-18(14-33)11-20(23)4-5-21-12-22(31)6-8-24(21)28/h2-3,6-13,16,28H,4-5,15H2,1H3,(H,34,38)(H,37,39). The van der Waals surface area contributed by atoms with Gasteiger partial charge in [-0.25, -0.2) is 18.7 Å². The number of nitriles is 1. The van der Waals surface area contributed by atoms with Crippen LogP contribution in [0.4, 0.5) is 8.78 Å². The zero-order valence-corrected chi connectivity index (χ0v) is 21.0. The van der Waals surface area contributed by atoms with Gasteiger partial charge in [0.25, 0.3) is 11.8 Å². The van der Waals surface area contributed by atoms with Gasteiger partial charge in [-0.1, -0.05) is 24.3 Å². The Morgan fingerprint density at radius 2 is 1.62 bits per heavy atom. The van der Waals surface area contributed by atoms with Crippen LogP contribution in [0.5, 0.6) is 0 Å². The van der Waals surface area contributed by atoms with Crippen molar-refractivity contribution in [2.24, 2.45) is 0 Å². The lowest BCUT2D eigenvalue weighted by molar-refractivity contribution is 0.0937. The Kier molecular flexibility index (Phi) is 7.10. The summed E-state index contributed by atoms with van der Waals surface area (Å²) in [6.07, 6.45) is 2.27. The highest BCUT2D eigenvalue weighted by molar-refractivity contribution is 5.97. The highest BCUT2D eigenvalue weighted by atomic mass is 19.1. The number of hydrogen-bond acceptors (Lipinski definition) is 5. The van der Waals surface area contributed by atoms with Gasteiger partial charge in [-0.3, -0.25) is 9.59 Å². The number of halogens is 2. The van der Waals surface area contributed by atoms with Crippen LogP contribution in [0.1, 0.15) is 66.0 Å². The van der Waals surface area contributed by atoms with Crippen molar-refractivity contribution in [3.05, 3.63) is 129 Å². The van der Waals surface area contributed by atoms with Crippen LogP contribution in [0.3, 0.4) is 0 Å². The second kappa shape index (κ2) is 10.8. The number of hydrogen-bond donors (Lipinski definition) is 2. The van der Waals surface area contributed by atoms with Crippen molar-refractivity contribution < 1.29 is 18.4 Å². The molecule has 9 heteroatoms. The van der Waals surface area contributed by atoms with Gasteiger partial charge in [-0.05, 0) is 83.5 Å². The number of fused-ring (bicyclic) bond motifs is 2. The monoisotopic (exact) mass is 523 g/mol. The van der Waals surface area contributed by atoms with Crippen LogP contribution in [0.2, 0.25) is 0 Å². The third kappa shape index (κ3) is 5.50. The zero-order chi connectivity index (χ0) is 27.5. The van der Waals surface area contributed by atoms with Gasteiger partial charge < -0.3 is 10.6 Å². The van der Waals surface area contributed by atoms with Gasteiger partial charge in [0.15, 0.2) is 0 Å². The Balaban J connectivity index is 1.39. The first kappa shape index (κ1) is 25.7. The molecule has 3 aromatic carbocycles. The van der Waals surface area contributed by atoms with Gasteiger partial charge in [-0.2, -0.15) is 5.26 Å². The molecule has 7 nitrogen and oxygen atoms in total. The molecule has 0 fully saturated rings. The van der Waals surface area contributed by atoms with Crippen molar-refractivity contribution in [1.82, 2.24) is 20.6 Å². The largest absolute Gasteiger partial charge is 0.347 e. The summed E-state index contributed by atoms with van der Waals surface area (Å²) in [6.45, 7) is 1.79. The number of nitrogens with one attached hydrogen (secondary N) is 2. The molecule has 1 atom stereocenters. The van der Waals surface area contributed by atoms with E-state index in [1.165, 1.54) is 24.3 Å². The molecule has 0 saturated carbocycles. The van der Waals surface area contributed by atoms with Crippen molar-refractivity contribution in [3.63, 3.8) is 0 Å². The Bertz CT molecular complexity index is 1650. The van der Waals surface area contributed by atoms with Crippen molar-refractivity contribution in [2.75, 3.05) is 0 Å². The van der Waals surface area contributed by atoms with Crippen LogP contribution in [-0.4, -0.2) is 21.8 Å². The first-order valence-electron chi connectivity index (χ1n) is 12.3. The molecule has 2 N–H and O–H groups in total. The van der Waals surface area contributed by atoms with Gasteiger partial charge in [0.05, 0.1) is 17.7 Å². The maximum atomic E-state index is 14.1. The third-order valence-electron chi connectivity index (χ3n) is 6.75. The summed E-state index contributed by atoms with van der Waals surface area (Å²) in [5.74, 6) is -1.76. The fraction of sp³-hybridized carbons (Fsp3) is 0.167. The van der Waals surface area contributed by atoms with Crippen molar-refractivity contribution in [3.8, 4) is 6.07 Å². The number of aryl methyl sites for hydroxylation is 3. The summed E-state index contributed by atoms with van der Waals surface area (Å²) in [4.78, 5) is 34.1. The van der Waals surface area contributed by atoms with E-state index in [0.29, 0.717) is 24.0 Å². The molecule has 0 spiro atoms. The van der Waals surface area contributed by atoms with Gasteiger partial charge in [0.2, 0.25) is 0 Å². The van der Waals surface area contributed by atoms with Crippen molar-refractivity contribution in [1.29, 1.82) is 5.26 Å². The molecule has 0 saturated heterocycles. The number of carbonyl (C=O) groups excluding carboxylic acids is 2. The van der Waals surface area contributed by atoms with Crippen molar-refractivity contribution in [2.45, 2.75) is 32.4 Å². The second-order valence-corrected chi connectivity index (χ2v) is 9.33. The first-order chi connectivity index (χ1) is 18.8. The summed E-state index contributed by atoms with van der Waals surface area (Å²) in [6, 6.07) is 17.1. The molecule has 1 aliphatic rings. The lowest BCUT2D eigenvalue weighted by Gasteiger charge is -2.22. The minimum absolute atomic E-state index is 0.00335. The molecule has 1 unspecified atom stereocenters. The lowest BCUT2D eigenvalue weighted by Crippen LogP contribution is -2.31. The molecule has 39 heavy (non-hydrogen) atoms. The Morgan fingerprint density at radius 1 is 0.923 bits per heavy atom. The topological polar surface area (TPSA) is 108 Å². The molecular formula is C30H23F2N5O2. The molecule has 0 bridgehead atoms. The molecule has 0 aliphatic heterocycles. The SMILES string of the molecule is Cc1cc(CNC(=O)c2cc(C(=O)NC3c4ccc(F)cc4CCc4cc(C#N)ccc43)ncn2)ccc1F. The highest BCUT2D eigenvalue weighted by Crippen LogP contribution is 2.33. The van der Waals surface area contributed by atoms with E-state index in [0.717, 1.165) is 34.1 Å². The molecule has 1 aliphatic carbocycles. The number of carbonyl (C=O) groups is 2. The van der Waals surface area contributed by atoms with E-state index in [1.807, 2.05) is 0 Å². The molecule has 5 rings (SSSR count). The molecule has 0 radical (unpaired) electrons. The van der Waals surface area contributed by atoms with E-state index >= 15 is 0 Å². The van der Waals surface area contributed by atoms with Gasteiger partial charge >= 0.3 is 0 Å². The number of benzene rings is 3. The Hall–Kier alpha value is -4.97. The summed E-state index contributed by atoms with van der Waals surface area (Å²) in [5, 5.41) is 15.0. The van der Waals surface area contributed by atoms with E-state index in [2.05, 4.69) is 26.7 Å². The molecule has 194 valence electrons. The minimum atomic E-state index is -0.618. The maximum Gasteiger partial charge on any atom is 0.270 e. The van der Waals surface area contributed by atoms with E-state index in [-0.39, 0.29) is 29.6 Å². The smallest absolute Gasteiger partial charge is 0.270 e. The number of aromatic nitrogens is 2. The van der Waals surface area contributed by atoms with Crippen LogP contribution in [0, 0.1) is 29.9 Å². The van der Waals surface area contributed by atoms with Crippen LogP contribution in [0.15, 0.2) is 67.0 Å². The van der Waals surface area contributed by atoms with E-state index in [9.17, 15) is 23.6 Å². The first-order valence-corrected chi connectivity index (χ1v) is 12.3. The molecule has 2 amide bonds. The summed E-state index contributed by atoms with van der Waals surface area (Å²) in [7, 11) is 0. The van der Waals surface area contributed by atoms with E-state index in [1.54, 1.807) is 43.3 Å². The Morgan fingerprint density at radius 3 is 2.33 bits per heavy atom. The average Bonchev–Trinajstić information content (AvgIpc) is 3.09. The quantitative estimate of drug-likeness (QED) is 0.401. The Labute approximate surface area is 223 Å². The van der Waals surface area contributed by atoms with Crippen LogP contribution < -0.4 is 10.6 Å². The van der Waals surface area contributed by atoms with Crippen molar-refractivity contribution >= 4 is 11.8 Å². The fourth-order valence-corrected chi connectivity index (χ4v) is 4.74. The lowest BCUT2D eigenvalue weighted by atomic mass is 9.93. The van der Waals surface area contributed by atoms with Gasteiger partial charge in [0, 0.05) is 12.6 Å². The summed E-state index contributed by atoms with van der Waals surface area (Å²) in [5.41, 5.74) is 4.85. The average molecular weight is 524 g/mol. The van der Waals surface area contributed by atoms with Crippen LogP contribution in [0.25, 0.3) is 0 Å². The molecule has 1 aromatic heterocycles. The molecule has 4 aromatic rings. The van der Waals surface area contributed by atoms with Crippen LogP contribution >= 0.6 is 0 Å². The summed E-state index contributed by atoms with van der Waals surface area (Å²) >= 11 is 0. The van der Waals surface area contributed by atoms with Gasteiger partial charge in [-0.15, -0.1) is 0 Å². The van der Waals surface area contributed by atoms with E-state index in [4.69, 9.17) is 0 Å². The number of rotatable bonds is 5. The van der Waals surface area contributed by atoms with Crippen LogP contribution in [-0.2, 0) is 19.4 Å². The van der Waals surface area contributed by atoms with E-state index < -0.39 is 17.9 Å². The van der Waals surface area contributed by atoms with Gasteiger partial charge in [0.1, 0.15) is 29.3 Å². The minimum Gasteiger partial charge on any atom is -0.347 e. The number of nitrogens with zero attached hydrogens (tertiary/aromatic N) is 3. The zero-order valence-electron chi connectivity index (χ0n) is 21.0. The predicted octanol–water partition coefficient (Wildman–Crippen LogP) is 4.48.